The van der Waals surface area contributed by atoms with E-state index in [4.69, 9.17) is 4.84 Å². The van der Waals surface area contributed by atoms with Gasteiger partial charge in [0.2, 0.25) is 6.10 Å². The van der Waals surface area contributed by atoms with Crippen LogP contribution in [0.25, 0.3) is 0 Å². The highest BCUT2D eigenvalue weighted by molar-refractivity contribution is 6.06. The molecule has 1 amide bonds. The van der Waals surface area contributed by atoms with Gasteiger partial charge in [-0.25, -0.2) is 4.39 Å². The summed E-state index contributed by atoms with van der Waals surface area (Å²) in [6.07, 6.45) is 1.43. The van der Waals surface area contributed by atoms with Crippen LogP contribution in [0.4, 0.5) is 10.1 Å². The minimum absolute atomic E-state index is 0.274. The molecule has 1 aliphatic heterocycles. The highest BCUT2D eigenvalue weighted by Crippen LogP contribution is 2.20. The number of carbonyl (C=O) groups excluding carboxylic acids is 1. The van der Waals surface area contributed by atoms with Crippen LogP contribution in [0.5, 0.6) is 0 Å². The van der Waals surface area contributed by atoms with Crippen molar-refractivity contribution in [1.29, 1.82) is 0 Å². The van der Waals surface area contributed by atoms with Gasteiger partial charge in [0.05, 0.1) is 17.1 Å². The van der Waals surface area contributed by atoms with Crippen molar-refractivity contribution in [3.63, 3.8) is 0 Å². The number of nitrogens with one attached hydrogen (secondary N) is 1. The van der Waals surface area contributed by atoms with Crippen molar-refractivity contribution in [2.24, 2.45) is 5.16 Å². The zero-order valence-corrected chi connectivity index (χ0v) is 12.9. The van der Waals surface area contributed by atoms with E-state index in [1.54, 1.807) is 23.0 Å². The van der Waals surface area contributed by atoms with Crippen LogP contribution < -0.4 is 5.32 Å². The third kappa shape index (κ3) is 3.23. The van der Waals surface area contributed by atoms with Gasteiger partial charge in [0.15, 0.2) is 0 Å². The summed E-state index contributed by atoms with van der Waals surface area (Å²) >= 11 is 0. The number of halogens is 1. The second kappa shape index (κ2) is 6.20. The van der Waals surface area contributed by atoms with Crippen LogP contribution in [0.1, 0.15) is 24.6 Å². The van der Waals surface area contributed by atoms with Crippen molar-refractivity contribution in [2.75, 3.05) is 5.32 Å². The molecule has 1 atom stereocenters. The lowest BCUT2D eigenvalue weighted by atomic mass is 10.0. The summed E-state index contributed by atoms with van der Waals surface area (Å²) in [4.78, 5) is 17.5. The summed E-state index contributed by atoms with van der Waals surface area (Å²) in [5.41, 5.74) is 2.79. The third-order valence-corrected chi connectivity index (χ3v) is 3.67. The van der Waals surface area contributed by atoms with E-state index in [2.05, 4.69) is 15.6 Å². The van der Waals surface area contributed by atoms with Crippen LogP contribution in [0.3, 0.4) is 0 Å². The van der Waals surface area contributed by atoms with E-state index < -0.39 is 6.10 Å². The maximum atomic E-state index is 12.9. The zero-order chi connectivity index (χ0) is 16.4. The van der Waals surface area contributed by atoms with Crippen molar-refractivity contribution < 1.29 is 14.0 Å². The molecule has 6 nitrogen and oxygen atoms in total. The van der Waals surface area contributed by atoms with Gasteiger partial charge in [-0.1, -0.05) is 17.3 Å². The first-order valence-corrected chi connectivity index (χ1v) is 7.40. The van der Waals surface area contributed by atoms with E-state index in [1.165, 1.54) is 12.1 Å². The second-order valence-electron chi connectivity index (χ2n) is 5.32. The molecule has 1 aromatic carbocycles. The molecule has 0 saturated heterocycles. The van der Waals surface area contributed by atoms with Gasteiger partial charge in [-0.15, -0.1) is 0 Å². The van der Waals surface area contributed by atoms with E-state index in [9.17, 15) is 9.18 Å². The summed E-state index contributed by atoms with van der Waals surface area (Å²) < 4.78 is 14.7. The van der Waals surface area contributed by atoms with Gasteiger partial charge in [0, 0.05) is 19.2 Å². The lowest BCUT2D eigenvalue weighted by molar-refractivity contribution is -0.125. The molecule has 0 fully saturated rings. The Morgan fingerprint density at radius 2 is 2.17 bits per heavy atom. The molecule has 1 aliphatic rings. The molecule has 0 unspecified atom stereocenters. The first-order chi connectivity index (χ1) is 11.1. The highest BCUT2D eigenvalue weighted by atomic mass is 19.1. The van der Waals surface area contributed by atoms with Crippen molar-refractivity contribution in [3.8, 4) is 0 Å². The molecule has 0 saturated carbocycles. The normalized spacial score (nSPS) is 16.8. The molecule has 120 valence electrons. The Morgan fingerprint density at radius 1 is 1.43 bits per heavy atom. The largest absolute Gasteiger partial charge is 0.382 e. The molecule has 0 bridgehead atoms. The van der Waals surface area contributed by atoms with Crippen LogP contribution in [0.2, 0.25) is 0 Å². The third-order valence-electron chi connectivity index (χ3n) is 3.67. The molecule has 1 N–H and O–H groups in total. The number of benzene rings is 1. The Hall–Kier alpha value is -2.70. The van der Waals surface area contributed by atoms with Gasteiger partial charge in [-0.05, 0) is 31.5 Å². The fourth-order valence-electron chi connectivity index (χ4n) is 2.35. The fourth-order valence-corrected chi connectivity index (χ4v) is 2.35. The van der Waals surface area contributed by atoms with Gasteiger partial charge in [0.1, 0.15) is 5.82 Å². The topological polar surface area (TPSA) is 68.5 Å². The maximum Gasteiger partial charge on any atom is 0.268 e. The molecular weight excluding hydrogens is 299 g/mol. The highest BCUT2D eigenvalue weighted by Gasteiger charge is 2.29. The molecule has 2 heterocycles. The van der Waals surface area contributed by atoms with Crippen molar-refractivity contribution in [3.05, 3.63) is 47.5 Å². The molecule has 0 aliphatic carbocycles. The summed E-state index contributed by atoms with van der Waals surface area (Å²) in [7, 11) is 0. The van der Waals surface area contributed by atoms with Crippen molar-refractivity contribution in [1.82, 2.24) is 9.78 Å². The van der Waals surface area contributed by atoms with Gasteiger partial charge in [0.25, 0.3) is 5.91 Å². The van der Waals surface area contributed by atoms with Gasteiger partial charge >= 0.3 is 0 Å². The smallest absolute Gasteiger partial charge is 0.268 e. The van der Waals surface area contributed by atoms with E-state index in [-0.39, 0.29) is 11.7 Å². The van der Waals surface area contributed by atoms with Gasteiger partial charge in [-0.3, -0.25) is 9.48 Å². The average Bonchev–Trinajstić information content (AvgIpc) is 3.16. The number of nitrogens with zero attached hydrogens (tertiary/aromatic N) is 3. The molecule has 0 radical (unpaired) electrons. The van der Waals surface area contributed by atoms with Crippen LogP contribution in [0, 0.1) is 12.7 Å². The Bertz CT molecular complexity index is 752. The minimum Gasteiger partial charge on any atom is -0.382 e. The predicted octanol–water partition coefficient (Wildman–Crippen LogP) is 2.48. The standard InChI is InChI=1S/C16H17FN4O2/c1-3-21-9-14(10(2)19-21)18-16(22)15-8-13(20-23-15)11-4-6-12(17)7-5-11/h4-7,9,15H,3,8H2,1-2H3,(H,18,22)/t15-/m0/s1. The zero-order valence-electron chi connectivity index (χ0n) is 12.9. The second-order valence-corrected chi connectivity index (χ2v) is 5.32. The lowest BCUT2D eigenvalue weighted by Gasteiger charge is -2.08. The summed E-state index contributed by atoms with van der Waals surface area (Å²) in [5.74, 6) is -0.587. The Labute approximate surface area is 132 Å². The summed E-state index contributed by atoms with van der Waals surface area (Å²) in [6.45, 7) is 4.53. The molecule has 23 heavy (non-hydrogen) atoms. The SMILES string of the molecule is CCn1cc(NC(=O)[C@@H]2CC(c3ccc(F)cc3)=NO2)c(C)n1. The summed E-state index contributed by atoms with van der Waals surface area (Å²) in [6, 6.07) is 5.95. The minimum atomic E-state index is -0.695. The predicted molar refractivity (Wildman–Crippen MR) is 83.7 cm³/mol. The van der Waals surface area contributed by atoms with Gasteiger partial charge < -0.3 is 10.2 Å². The van der Waals surface area contributed by atoms with Crippen LogP contribution in [-0.4, -0.2) is 27.5 Å². The molecule has 2 aromatic rings. The molecule has 7 heteroatoms. The monoisotopic (exact) mass is 316 g/mol. The molecule has 1 aromatic heterocycles. The van der Waals surface area contributed by atoms with Crippen molar-refractivity contribution in [2.45, 2.75) is 32.9 Å². The quantitative estimate of drug-likeness (QED) is 0.942. The molecule has 0 spiro atoms. The van der Waals surface area contributed by atoms with E-state index in [0.717, 1.165) is 17.8 Å². The summed E-state index contributed by atoms with van der Waals surface area (Å²) in [5, 5.41) is 11.0. The van der Waals surface area contributed by atoms with Gasteiger partial charge in [-0.2, -0.15) is 5.10 Å². The maximum absolute atomic E-state index is 12.9. The number of rotatable bonds is 4. The Balaban J connectivity index is 1.64. The Kier molecular flexibility index (Phi) is 4.10. The molecular formula is C16H17FN4O2. The lowest BCUT2D eigenvalue weighted by Crippen LogP contribution is -2.28. The number of oxime groups is 1. The van der Waals surface area contributed by atoms with E-state index in [0.29, 0.717) is 17.8 Å². The fraction of sp³-hybridized carbons (Fsp3) is 0.312. The first kappa shape index (κ1) is 15.2. The number of hydrogen-bond acceptors (Lipinski definition) is 4. The number of aryl methyl sites for hydroxylation is 2. The van der Waals surface area contributed by atoms with E-state index >= 15 is 0 Å². The number of hydrogen-bond donors (Lipinski definition) is 1. The number of aromatic nitrogens is 2. The first-order valence-electron chi connectivity index (χ1n) is 7.40. The van der Waals surface area contributed by atoms with Crippen LogP contribution >= 0.6 is 0 Å². The number of amides is 1. The Morgan fingerprint density at radius 3 is 2.83 bits per heavy atom. The number of carbonyl (C=O) groups is 1. The van der Waals surface area contributed by atoms with Crippen LogP contribution in [0.15, 0.2) is 35.6 Å². The van der Waals surface area contributed by atoms with Crippen molar-refractivity contribution >= 4 is 17.3 Å². The average molecular weight is 316 g/mol. The van der Waals surface area contributed by atoms with E-state index in [1.807, 2.05) is 13.8 Å². The van der Waals surface area contributed by atoms with Crippen LogP contribution in [-0.2, 0) is 16.2 Å². The molecule has 3 rings (SSSR count). The number of anilines is 1.